The zero-order valence-electron chi connectivity index (χ0n) is 11.6. The molecule has 0 saturated heterocycles. The molecule has 0 aliphatic heterocycles. The minimum atomic E-state index is -0.774. The van der Waals surface area contributed by atoms with Crippen LogP contribution in [-0.4, -0.2) is 49.0 Å². The van der Waals surface area contributed by atoms with Gasteiger partial charge in [0, 0.05) is 12.6 Å². The second-order valence-corrected chi connectivity index (χ2v) is 4.94. The Morgan fingerprint density at radius 3 is 2.47 bits per heavy atom. The summed E-state index contributed by atoms with van der Waals surface area (Å²) < 4.78 is 13.4. The van der Waals surface area contributed by atoms with E-state index in [1.165, 1.54) is 12.1 Å². The molecule has 0 bridgehead atoms. The fourth-order valence-electron chi connectivity index (χ4n) is 1.84. The van der Waals surface area contributed by atoms with Crippen molar-refractivity contribution in [3.05, 3.63) is 39.7 Å². The standard InChI is InChI=1S/C13H20FN3O2/c1-15(2)7-4-8-16(3)10-11-5-6-13(17(18)19)12(14)9-11/h5-6,9H,4,7-8,10H2,1-3H3. The van der Waals surface area contributed by atoms with Gasteiger partial charge in [-0.05, 0) is 52.3 Å². The number of halogens is 1. The summed E-state index contributed by atoms with van der Waals surface area (Å²) in [6, 6.07) is 4.06. The average molecular weight is 269 g/mol. The van der Waals surface area contributed by atoms with Gasteiger partial charge in [-0.3, -0.25) is 10.1 Å². The summed E-state index contributed by atoms with van der Waals surface area (Å²) in [7, 11) is 5.99. The molecule has 5 nitrogen and oxygen atoms in total. The fraction of sp³-hybridized carbons (Fsp3) is 0.538. The van der Waals surface area contributed by atoms with E-state index < -0.39 is 16.4 Å². The molecule has 1 rings (SSSR count). The zero-order chi connectivity index (χ0) is 14.4. The van der Waals surface area contributed by atoms with Crippen molar-refractivity contribution >= 4 is 5.69 Å². The van der Waals surface area contributed by atoms with Crippen LogP contribution in [0, 0.1) is 15.9 Å². The van der Waals surface area contributed by atoms with Crippen molar-refractivity contribution < 1.29 is 9.31 Å². The molecule has 0 heterocycles. The SMILES string of the molecule is CN(C)CCCN(C)Cc1ccc([N+](=O)[O-])c(F)c1. The van der Waals surface area contributed by atoms with Gasteiger partial charge in [-0.15, -0.1) is 0 Å². The Morgan fingerprint density at radius 1 is 1.26 bits per heavy atom. The van der Waals surface area contributed by atoms with E-state index in [1.54, 1.807) is 6.07 Å². The summed E-state index contributed by atoms with van der Waals surface area (Å²) in [5.74, 6) is -0.774. The van der Waals surface area contributed by atoms with E-state index in [-0.39, 0.29) is 0 Å². The predicted molar refractivity (Wildman–Crippen MR) is 72.6 cm³/mol. The lowest BCUT2D eigenvalue weighted by Crippen LogP contribution is -2.23. The maximum absolute atomic E-state index is 13.4. The van der Waals surface area contributed by atoms with Gasteiger partial charge in [0.05, 0.1) is 4.92 Å². The molecule has 0 atom stereocenters. The molecule has 106 valence electrons. The van der Waals surface area contributed by atoms with Gasteiger partial charge in [0.2, 0.25) is 5.82 Å². The van der Waals surface area contributed by atoms with Gasteiger partial charge in [0.1, 0.15) is 0 Å². The van der Waals surface area contributed by atoms with E-state index in [9.17, 15) is 14.5 Å². The summed E-state index contributed by atoms with van der Waals surface area (Å²) in [6.45, 7) is 2.48. The van der Waals surface area contributed by atoms with Crippen LogP contribution in [0.4, 0.5) is 10.1 Å². The third kappa shape index (κ3) is 5.32. The molecular formula is C13H20FN3O2. The molecule has 1 aromatic carbocycles. The van der Waals surface area contributed by atoms with Gasteiger partial charge in [0.15, 0.2) is 0 Å². The van der Waals surface area contributed by atoms with Crippen LogP contribution >= 0.6 is 0 Å². The van der Waals surface area contributed by atoms with E-state index in [2.05, 4.69) is 9.80 Å². The highest BCUT2D eigenvalue weighted by molar-refractivity contribution is 5.34. The van der Waals surface area contributed by atoms with Crippen molar-refractivity contribution in [3.8, 4) is 0 Å². The Hall–Kier alpha value is -1.53. The molecule has 6 heteroatoms. The van der Waals surface area contributed by atoms with E-state index in [4.69, 9.17) is 0 Å². The van der Waals surface area contributed by atoms with Crippen molar-refractivity contribution in [3.63, 3.8) is 0 Å². The highest BCUT2D eigenvalue weighted by Gasteiger charge is 2.14. The number of nitro benzene ring substituents is 1. The molecule has 0 spiro atoms. The van der Waals surface area contributed by atoms with Gasteiger partial charge in [-0.1, -0.05) is 6.07 Å². The Kier molecular flexibility index (Phi) is 5.85. The van der Waals surface area contributed by atoms with Crippen molar-refractivity contribution in [2.75, 3.05) is 34.2 Å². The Morgan fingerprint density at radius 2 is 1.95 bits per heavy atom. The molecule has 0 fully saturated rings. The maximum atomic E-state index is 13.4. The Balaban J connectivity index is 2.53. The van der Waals surface area contributed by atoms with Crippen molar-refractivity contribution in [2.45, 2.75) is 13.0 Å². The number of hydrogen-bond donors (Lipinski definition) is 0. The van der Waals surface area contributed by atoms with Crippen LogP contribution in [0.25, 0.3) is 0 Å². The van der Waals surface area contributed by atoms with Crippen LogP contribution in [-0.2, 0) is 6.54 Å². The second kappa shape index (κ2) is 7.16. The molecule has 0 radical (unpaired) electrons. The molecule has 0 saturated carbocycles. The molecular weight excluding hydrogens is 249 g/mol. The van der Waals surface area contributed by atoms with Gasteiger partial charge >= 0.3 is 5.69 Å². The smallest absolute Gasteiger partial charge is 0.304 e. The van der Waals surface area contributed by atoms with Crippen LogP contribution in [0.1, 0.15) is 12.0 Å². The predicted octanol–water partition coefficient (Wildman–Crippen LogP) is 2.12. The van der Waals surface area contributed by atoms with Crippen LogP contribution in [0.2, 0.25) is 0 Å². The first-order chi connectivity index (χ1) is 8.90. The lowest BCUT2D eigenvalue weighted by Gasteiger charge is -2.18. The average Bonchev–Trinajstić information content (AvgIpc) is 2.27. The summed E-state index contributed by atoms with van der Waals surface area (Å²) in [5, 5.41) is 10.5. The first-order valence-corrected chi connectivity index (χ1v) is 6.16. The van der Waals surface area contributed by atoms with Crippen LogP contribution in [0.5, 0.6) is 0 Å². The van der Waals surface area contributed by atoms with Crippen molar-refractivity contribution in [1.29, 1.82) is 0 Å². The van der Waals surface area contributed by atoms with Gasteiger partial charge in [0.25, 0.3) is 0 Å². The number of hydrogen-bond acceptors (Lipinski definition) is 4. The fourth-order valence-corrected chi connectivity index (χ4v) is 1.84. The zero-order valence-corrected chi connectivity index (χ0v) is 11.6. The van der Waals surface area contributed by atoms with E-state index in [1.807, 2.05) is 21.1 Å². The molecule has 0 N–H and O–H groups in total. The molecule has 0 amide bonds. The third-order valence-corrected chi connectivity index (χ3v) is 2.81. The maximum Gasteiger partial charge on any atom is 0.304 e. The lowest BCUT2D eigenvalue weighted by atomic mass is 10.2. The third-order valence-electron chi connectivity index (χ3n) is 2.81. The second-order valence-electron chi connectivity index (χ2n) is 4.94. The topological polar surface area (TPSA) is 49.6 Å². The quantitative estimate of drug-likeness (QED) is 0.562. The minimum Gasteiger partial charge on any atom is -0.309 e. The first kappa shape index (κ1) is 15.5. The lowest BCUT2D eigenvalue weighted by molar-refractivity contribution is -0.387. The van der Waals surface area contributed by atoms with Crippen molar-refractivity contribution in [1.82, 2.24) is 9.80 Å². The number of nitro groups is 1. The molecule has 0 unspecified atom stereocenters. The first-order valence-electron chi connectivity index (χ1n) is 6.16. The van der Waals surface area contributed by atoms with Crippen molar-refractivity contribution in [2.24, 2.45) is 0 Å². The number of rotatable bonds is 7. The van der Waals surface area contributed by atoms with Gasteiger partial charge in [-0.2, -0.15) is 4.39 Å². The van der Waals surface area contributed by atoms with E-state index >= 15 is 0 Å². The van der Waals surface area contributed by atoms with E-state index in [0.29, 0.717) is 6.54 Å². The van der Waals surface area contributed by atoms with Crippen LogP contribution < -0.4 is 0 Å². The monoisotopic (exact) mass is 269 g/mol. The molecule has 1 aromatic rings. The molecule has 0 aromatic heterocycles. The van der Waals surface area contributed by atoms with Crippen LogP contribution in [0.3, 0.4) is 0 Å². The largest absolute Gasteiger partial charge is 0.309 e. The molecule has 19 heavy (non-hydrogen) atoms. The Labute approximate surface area is 112 Å². The Bertz CT molecular complexity index is 438. The minimum absolute atomic E-state index is 0.473. The summed E-state index contributed by atoms with van der Waals surface area (Å²) in [4.78, 5) is 14.0. The van der Waals surface area contributed by atoms with Gasteiger partial charge in [-0.25, -0.2) is 0 Å². The summed E-state index contributed by atoms with van der Waals surface area (Å²) in [6.07, 6.45) is 1.03. The molecule has 0 aliphatic carbocycles. The summed E-state index contributed by atoms with van der Waals surface area (Å²) in [5.41, 5.74) is 0.273. The van der Waals surface area contributed by atoms with E-state index in [0.717, 1.165) is 25.1 Å². The number of benzene rings is 1. The summed E-state index contributed by atoms with van der Waals surface area (Å²) >= 11 is 0. The molecule has 0 aliphatic rings. The normalized spacial score (nSPS) is 11.3. The van der Waals surface area contributed by atoms with Crippen LogP contribution in [0.15, 0.2) is 18.2 Å². The highest BCUT2D eigenvalue weighted by Crippen LogP contribution is 2.18. The highest BCUT2D eigenvalue weighted by atomic mass is 19.1. The number of nitrogens with zero attached hydrogens (tertiary/aromatic N) is 3. The van der Waals surface area contributed by atoms with Gasteiger partial charge < -0.3 is 9.80 Å².